The van der Waals surface area contributed by atoms with Gasteiger partial charge < -0.3 is 5.32 Å². The highest BCUT2D eigenvalue weighted by atomic mass is 16.1. The van der Waals surface area contributed by atoms with Crippen LogP contribution in [-0.2, 0) is 0 Å². The van der Waals surface area contributed by atoms with E-state index in [0.29, 0.717) is 5.56 Å². The molecule has 0 aliphatic heterocycles. The highest BCUT2D eigenvalue weighted by Crippen LogP contribution is 2.20. The van der Waals surface area contributed by atoms with Crippen molar-refractivity contribution in [3.8, 4) is 0 Å². The Morgan fingerprint density at radius 1 is 1.53 bits per heavy atom. The second-order valence-electron chi connectivity index (χ2n) is 3.05. The number of rotatable bonds is 3. The molecule has 1 aromatic carbocycles. The molecule has 15 heavy (non-hydrogen) atoms. The molecule has 1 rings (SSSR count). The first kappa shape index (κ1) is 11.1. The molecule has 1 atom stereocenters. The van der Waals surface area contributed by atoms with Gasteiger partial charge in [0.15, 0.2) is 0 Å². The molecule has 0 aromatic heterocycles. The molecule has 1 N–H and O–H groups in total. The first-order chi connectivity index (χ1) is 7.20. The fraction of sp³-hybridized carbons (Fsp3) is 0.300. The van der Waals surface area contributed by atoms with Crippen LogP contribution in [0.2, 0.25) is 0 Å². The minimum atomic E-state index is -0.344. The summed E-state index contributed by atoms with van der Waals surface area (Å²) in [5, 5.41) is 6.12. The van der Waals surface area contributed by atoms with Gasteiger partial charge in [-0.1, -0.05) is 30.2 Å². The van der Waals surface area contributed by atoms with Crippen molar-refractivity contribution in [1.82, 2.24) is 5.32 Å². The van der Waals surface area contributed by atoms with Crippen LogP contribution in [0.15, 0.2) is 29.4 Å². The van der Waals surface area contributed by atoms with Crippen LogP contribution >= 0.6 is 0 Å². The van der Waals surface area contributed by atoms with Crippen molar-refractivity contribution in [3.63, 3.8) is 0 Å². The molecule has 0 fully saturated rings. The quantitative estimate of drug-likeness (QED) is 0.458. The fourth-order valence-corrected chi connectivity index (χ4v) is 1.34. The summed E-state index contributed by atoms with van der Waals surface area (Å²) in [4.78, 5) is 14.2. The third-order valence-corrected chi connectivity index (χ3v) is 2.11. The largest absolute Gasteiger partial charge is 0.355 e. The number of carbonyl (C=O) groups excluding carboxylic acids is 1. The molecule has 0 spiro atoms. The average molecular weight is 204 g/mol. The SMILES string of the molecule is CNC(=O)c1ccccc1C(C)N=[N+]=[N-]. The summed E-state index contributed by atoms with van der Waals surface area (Å²) in [6.07, 6.45) is 0. The van der Waals surface area contributed by atoms with Crippen molar-refractivity contribution in [2.45, 2.75) is 13.0 Å². The predicted octanol–water partition coefficient (Wildman–Crippen LogP) is 2.42. The predicted molar refractivity (Wildman–Crippen MR) is 57.4 cm³/mol. The number of azide groups is 1. The molecule has 0 aliphatic carbocycles. The molecule has 5 heteroatoms. The normalized spacial score (nSPS) is 11.3. The standard InChI is InChI=1S/C10H12N4O/c1-7(13-14-11)8-5-3-4-6-9(8)10(15)12-2/h3-7H,1-2H3,(H,12,15). The molecular weight excluding hydrogens is 192 g/mol. The lowest BCUT2D eigenvalue weighted by Gasteiger charge is -2.10. The van der Waals surface area contributed by atoms with Crippen LogP contribution in [0, 0.1) is 0 Å². The first-order valence-corrected chi connectivity index (χ1v) is 4.56. The van der Waals surface area contributed by atoms with Crippen LogP contribution in [-0.4, -0.2) is 13.0 Å². The van der Waals surface area contributed by atoms with Crippen LogP contribution in [0.5, 0.6) is 0 Å². The van der Waals surface area contributed by atoms with Crippen LogP contribution < -0.4 is 5.32 Å². The van der Waals surface area contributed by atoms with E-state index < -0.39 is 0 Å². The molecular formula is C10H12N4O. The monoisotopic (exact) mass is 204 g/mol. The zero-order chi connectivity index (χ0) is 11.3. The number of hydrogen-bond acceptors (Lipinski definition) is 2. The van der Waals surface area contributed by atoms with Gasteiger partial charge in [-0.15, -0.1) is 0 Å². The van der Waals surface area contributed by atoms with E-state index in [0.717, 1.165) is 5.56 Å². The topological polar surface area (TPSA) is 77.9 Å². The molecule has 0 radical (unpaired) electrons. The molecule has 0 saturated heterocycles. The molecule has 1 unspecified atom stereocenters. The van der Waals surface area contributed by atoms with Gasteiger partial charge in [0.1, 0.15) is 0 Å². The summed E-state index contributed by atoms with van der Waals surface area (Å²) in [7, 11) is 1.57. The van der Waals surface area contributed by atoms with Gasteiger partial charge in [-0.2, -0.15) is 0 Å². The molecule has 5 nitrogen and oxygen atoms in total. The Hall–Kier alpha value is -2.00. The Labute approximate surface area is 87.7 Å². The highest BCUT2D eigenvalue weighted by molar-refractivity contribution is 5.95. The van der Waals surface area contributed by atoms with E-state index in [9.17, 15) is 4.79 Å². The van der Waals surface area contributed by atoms with E-state index in [1.165, 1.54) is 0 Å². The van der Waals surface area contributed by atoms with Gasteiger partial charge in [-0.25, -0.2) is 0 Å². The van der Waals surface area contributed by atoms with Gasteiger partial charge in [-0.05, 0) is 17.2 Å². The van der Waals surface area contributed by atoms with Crippen LogP contribution in [0.4, 0.5) is 0 Å². The summed E-state index contributed by atoms with van der Waals surface area (Å²) < 4.78 is 0. The van der Waals surface area contributed by atoms with Crippen LogP contribution in [0.3, 0.4) is 0 Å². The smallest absolute Gasteiger partial charge is 0.251 e. The van der Waals surface area contributed by atoms with Gasteiger partial charge in [-0.3, -0.25) is 4.79 Å². The van der Waals surface area contributed by atoms with E-state index in [1.54, 1.807) is 32.2 Å². The van der Waals surface area contributed by atoms with Gasteiger partial charge in [0.05, 0.1) is 6.04 Å². The van der Waals surface area contributed by atoms with E-state index in [2.05, 4.69) is 15.3 Å². The average Bonchev–Trinajstić information content (AvgIpc) is 2.28. The van der Waals surface area contributed by atoms with Crippen molar-refractivity contribution in [2.75, 3.05) is 7.05 Å². The Kier molecular flexibility index (Phi) is 3.71. The molecule has 0 bridgehead atoms. The lowest BCUT2D eigenvalue weighted by atomic mass is 10.0. The van der Waals surface area contributed by atoms with E-state index in [-0.39, 0.29) is 11.9 Å². The Balaban J connectivity index is 3.16. The number of amides is 1. The Bertz CT molecular complexity index is 410. The number of nitrogens with zero attached hydrogens (tertiary/aromatic N) is 3. The summed E-state index contributed by atoms with van der Waals surface area (Å²) in [5.41, 5.74) is 9.62. The number of nitrogens with one attached hydrogen (secondary N) is 1. The number of carbonyl (C=O) groups is 1. The van der Waals surface area contributed by atoms with Crippen molar-refractivity contribution in [1.29, 1.82) is 0 Å². The molecule has 1 aromatic rings. The van der Waals surface area contributed by atoms with Crippen molar-refractivity contribution < 1.29 is 4.79 Å². The maximum atomic E-state index is 11.5. The Morgan fingerprint density at radius 3 is 2.80 bits per heavy atom. The maximum Gasteiger partial charge on any atom is 0.251 e. The molecule has 1 amide bonds. The number of benzene rings is 1. The first-order valence-electron chi connectivity index (χ1n) is 4.56. The molecule has 0 saturated carbocycles. The van der Waals surface area contributed by atoms with Crippen molar-refractivity contribution in [2.24, 2.45) is 5.11 Å². The lowest BCUT2D eigenvalue weighted by molar-refractivity contribution is 0.0962. The van der Waals surface area contributed by atoms with Gasteiger partial charge in [0.25, 0.3) is 5.91 Å². The third kappa shape index (κ3) is 2.48. The van der Waals surface area contributed by atoms with Crippen molar-refractivity contribution in [3.05, 3.63) is 45.8 Å². The van der Waals surface area contributed by atoms with E-state index in [1.807, 2.05) is 6.07 Å². The zero-order valence-corrected chi connectivity index (χ0v) is 8.64. The number of hydrogen-bond donors (Lipinski definition) is 1. The fourth-order valence-electron chi connectivity index (χ4n) is 1.34. The molecule has 0 heterocycles. The van der Waals surface area contributed by atoms with Crippen LogP contribution in [0.1, 0.15) is 28.9 Å². The minimum absolute atomic E-state index is 0.175. The van der Waals surface area contributed by atoms with Crippen molar-refractivity contribution >= 4 is 5.91 Å². The second kappa shape index (κ2) is 5.02. The highest BCUT2D eigenvalue weighted by Gasteiger charge is 2.12. The van der Waals surface area contributed by atoms with Gasteiger partial charge >= 0.3 is 0 Å². The zero-order valence-electron chi connectivity index (χ0n) is 8.64. The summed E-state index contributed by atoms with van der Waals surface area (Å²) in [6, 6.07) is 6.73. The van der Waals surface area contributed by atoms with Gasteiger partial charge in [0, 0.05) is 17.5 Å². The second-order valence-corrected chi connectivity index (χ2v) is 3.05. The summed E-state index contributed by atoms with van der Waals surface area (Å²) in [5.74, 6) is -0.175. The summed E-state index contributed by atoms with van der Waals surface area (Å²) in [6.45, 7) is 1.75. The molecule has 0 aliphatic rings. The van der Waals surface area contributed by atoms with E-state index in [4.69, 9.17) is 5.53 Å². The van der Waals surface area contributed by atoms with Gasteiger partial charge in [0.2, 0.25) is 0 Å². The van der Waals surface area contributed by atoms with E-state index >= 15 is 0 Å². The lowest BCUT2D eigenvalue weighted by Crippen LogP contribution is -2.19. The third-order valence-electron chi connectivity index (χ3n) is 2.11. The maximum absolute atomic E-state index is 11.5. The van der Waals surface area contributed by atoms with Crippen LogP contribution in [0.25, 0.3) is 10.4 Å². The minimum Gasteiger partial charge on any atom is -0.355 e. The Morgan fingerprint density at radius 2 is 2.20 bits per heavy atom. The molecule has 78 valence electrons. The summed E-state index contributed by atoms with van der Waals surface area (Å²) >= 11 is 0.